The quantitative estimate of drug-likeness (QED) is 0.238. The van der Waals surface area contributed by atoms with E-state index in [1.54, 1.807) is 26.8 Å². The summed E-state index contributed by atoms with van der Waals surface area (Å²) in [5.41, 5.74) is -0.945. The first kappa shape index (κ1) is 42.5. The highest BCUT2D eigenvalue weighted by atomic mass is 16.6. The molecule has 2 N–H and O–H groups in total. The van der Waals surface area contributed by atoms with E-state index in [9.17, 15) is 34.2 Å². The molecule has 9 atom stereocenters. The summed E-state index contributed by atoms with van der Waals surface area (Å²) in [7, 11) is 1.26. The molecule has 53 heavy (non-hydrogen) atoms. The summed E-state index contributed by atoms with van der Waals surface area (Å²) in [6.07, 6.45) is 5.18. The first-order valence-corrected chi connectivity index (χ1v) is 19.3. The van der Waals surface area contributed by atoms with Gasteiger partial charge >= 0.3 is 11.9 Å². The number of aliphatic hydroxyl groups is 2. The molecule has 0 unspecified atom stereocenters. The van der Waals surface area contributed by atoms with Crippen molar-refractivity contribution in [3.05, 3.63) is 46.1 Å². The third kappa shape index (κ3) is 9.03. The van der Waals surface area contributed by atoms with Crippen molar-refractivity contribution in [2.45, 2.75) is 156 Å². The molecule has 0 amide bonds. The van der Waals surface area contributed by atoms with Gasteiger partial charge in [-0.2, -0.15) is 0 Å². The lowest BCUT2D eigenvalue weighted by molar-refractivity contribution is -0.239. The largest absolute Gasteiger partial charge is 0.469 e. The molecule has 0 aromatic rings. The minimum absolute atomic E-state index is 0.00736. The predicted octanol–water partition coefficient (Wildman–Crippen LogP) is 6.66. The van der Waals surface area contributed by atoms with E-state index in [1.807, 2.05) is 46.8 Å². The van der Waals surface area contributed by atoms with Crippen molar-refractivity contribution in [1.82, 2.24) is 0 Å². The monoisotopic (exact) mass is 738 g/mol. The molecular formula is C43H62O10. The summed E-state index contributed by atoms with van der Waals surface area (Å²) in [6, 6.07) is 0. The summed E-state index contributed by atoms with van der Waals surface area (Å²) in [4.78, 5) is 70.3. The highest BCUT2D eigenvalue weighted by molar-refractivity contribution is 6.02. The number of esters is 2. The molecule has 0 aromatic carbocycles. The first-order chi connectivity index (χ1) is 24.6. The van der Waals surface area contributed by atoms with Crippen LogP contribution in [0.5, 0.6) is 0 Å². The van der Waals surface area contributed by atoms with Gasteiger partial charge in [-0.3, -0.25) is 24.0 Å². The van der Waals surface area contributed by atoms with Gasteiger partial charge in [0.25, 0.3) is 0 Å². The Hall–Kier alpha value is -3.21. The van der Waals surface area contributed by atoms with Crippen LogP contribution in [-0.4, -0.2) is 76.1 Å². The number of carbonyl (C=O) groups excluding carboxylic acids is 5. The van der Waals surface area contributed by atoms with Crippen LogP contribution in [0.4, 0.5) is 0 Å². The Labute approximate surface area is 315 Å². The van der Waals surface area contributed by atoms with E-state index < -0.39 is 64.6 Å². The number of rotatable bonds is 3. The van der Waals surface area contributed by atoms with Crippen LogP contribution in [0.1, 0.15) is 127 Å². The molecule has 294 valence electrons. The highest BCUT2D eigenvalue weighted by Gasteiger charge is 2.60. The van der Waals surface area contributed by atoms with Crippen molar-refractivity contribution in [3.63, 3.8) is 0 Å². The fraction of sp³-hybridized carbons (Fsp3) is 0.698. The molecule has 0 radical (unpaired) electrons. The second kappa shape index (κ2) is 16.7. The average molecular weight is 739 g/mol. The van der Waals surface area contributed by atoms with Crippen LogP contribution < -0.4 is 0 Å². The number of allylic oxidation sites excluding steroid dienone is 7. The van der Waals surface area contributed by atoms with Gasteiger partial charge in [0.05, 0.1) is 30.3 Å². The van der Waals surface area contributed by atoms with E-state index in [0.29, 0.717) is 49.7 Å². The van der Waals surface area contributed by atoms with Crippen molar-refractivity contribution >= 4 is 29.3 Å². The predicted molar refractivity (Wildman–Crippen MR) is 200 cm³/mol. The zero-order valence-electron chi connectivity index (χ0n) is 33.5. The van der Waals surface area contributed by atoms with Crippen LogP contribution in [-0.2, 0) is 38.2 Å². The Morgan fingerprint density at radius 3 is 2.25 bits per heavy atom. The first-order valence-electron chi connectivity index (χ1n) is 19.3. The number of hydrogen-bond acceptors (Lipinski definition) is 10. The van der Waals surface area contributed by atoms with Gasteiger partial charge in [-0.1, -0.05) is 48.3 Å². The molecule has 2 heterocycles. The van der Waals surface area contributed by atoms with Crippen LogP contribution in [0.3, 0.4) is 0 Å². The number of ketones is 3. The lowest BCUT2D eigenvalue weighted by atomic mass is 9.53. The molecule has 1 fully saturated rings. The van der Waals surface area contributed by atoms with Gasteiger partial charge < -0.3 is 24.4 Å². The van der Waals surface area contributed by atoms with Crippen LogP contribution in [0.15, 0.2) is 46.1 Å². The molecule has 1 saturated heterocycles. The van der Waals surface area contributed by atoms with Crippen molar-refractivity contribution in [3.8, 4) is 0 Å². The third-order valence-corrected chi connectivity index (χ3v) is 12.6. The molecule has 4 rings (SSSR count). The van der Waals surface area contributed by atoms with E-state index >= 15 is 0 Å². The standard InChI is InChI=1S/C43H62O10/c1-24(2)30-21-34(45)27(5)13-11-12-25(3)19-35(46)33-20-28(6)31-22-39(52-29(7)44)42(9,50)38-16-17-41(8,49)37(53-38)15-14-26(4)18-32(31)43(33,23-36(30)47)40(48)51-10/h13,18-19,24,30,32-33,37-39,49-50H,11-12,14-17,20-23H2,1-10H3/b25-19+,26-18+,27-13-/t30-,32-,33+,37-,38+,39-,41+,42-,43+/m0/s1. The minimum atomic E-state index is -1.73. The molecule has 2 bridgehead atoms. The molecule has 0 spiro atoms. The second-order valence-electron chi connectivity index (χ2n) is 17.1. The Balaban J connectivity index is 2.05. The zero-order chi connectivity index (χ0) is 39.6. The topological polar surface area (TPSA) is 154 Å². The molecule has 2 aliphatic carbocycles. The normalized spacial score (nSPS) is 39.7. The van der Waals surface area contributed by atoms with Crippen molar-refractivity contribution < 1.29 is 48.4 Å². The van der Waals surface area contributed by atoms with Gasteiger partial charge in [0.15, 0.2) is 11.6 Å². The average Bonchev–Trinajstić information content (AvgIpc) is 3.06. The second-order valence-corrected chi connectivity index (χ2v) is 17.1. The number of methoxy groups -OCH3 is 1. The fourth-order valence-electron chi connectivity index (χ4n) is 9.14. The third-order valence-electron chi connectivity index (χ3n) is 12.6. The molecule has 0 saturated carbocycles. The number of Topliss-reactive ketones (excluding diaryl/α,β-unsaturated/α-hetero) is 2. The maximum Gasteiger partial charge on any atom is 0.313 e. The Bertz CT molecular complexity index is 1590. The molecule has 10 nitrogen and oxygen atoms in total. The number of ether oxygens (including phenoxy) is 3. The molecule has 4 aliphatic rings. The summed E-state index contributed by atoms with van der Waals surface area (Å²) < 4.78 is 17.9. The van der Waals surface area contributed by atoms with Gasteiger partial charge in [0, 0.05) is 43.9 Å². The summed E-state index contributed by atoms with van der Waals surface area (Å²) in [5, 5.41) is 23.6. The summed E-state index contributed by atoms with van der Waals surface area (Å²) >= 11 is 0. The fourth-order valence-corrected chi connectivity index (χ4v) is 9.14. The van der Waals surface area contributed by atoms with E-state index in [0.717, 1.165) is 16.7 Å². The van der Waals surface area contributed by atoms with Gasteiger partial charge in [0.2, 0.25) is 0 Å². The van der Waals surface area contributed by atoms with Crippen LogP contribution in [0.2, 0.25) is 0 Å². The van der Waals surface area contributed by atoms with E-state index in [2.05, 4.69) is 0 Å². The number of fused-ring (bicyclic) bond motifs is 5. The number of hydrogen-bond donors (Lipinski definition) is 2. The van der Waals surface area contributed by atoms with Crippen LogP contribution in [0.25, 0.3) is 0 Å². The van der Waals surface area contributed by atoms with E-state index in [4.69, 9.17) is 14.2 Å². The molecular weight excluding hydrogens is 676 g/mol. The summed E-state index contributed by atoms with van der Waals surface area (Å²) in [5.74, 6) is -4.86. The lowest BCUT2D eigenvalue weighted by Gasteiger charge is -2.50. The summed E-state index contributed by atoms with van der Waals surface area (Å²) in [6.45, 7) is 15.7. The Morgan fingerprint density at radius 2 is 1.62 bits per heavy atom. The van der Waals surface area contributed by atoms with Crippen molar-refractivity contribution in [2.24, 2.45) is 29.1 Å². The smallest absolute Gasteiger partial charge is 0.313 e. The zero-order valence-corrected chi connectivity index (χ0v) is 33.5. The molecule has 2 aliphatic heterocycles. The molecule has 10 heteroatoms. The van der Waals surface area contributed by atoms with Gasteiger partial charge in [-0.15, -0.1) is 0 Å². The SMILES string of the molecule is COC(=O)[C@@]12CC(=O)[C@H](C(C)C)CC(=O)/C(C)=C\CC/C(C)=C/C(=O)[C@H]1CC(C)=C1C[C@H](OC(C)=O)[C@@](C)(O)[C@H]3CC[C@@](C)(O)[C@H](CC/C(C)=C/[C@@H]12)O3. The van der Waals surface area contributed by atoms with Gasteiger partial charge in [0.1, 0.15) is 17.5 Å². The van der Waals surface area contributed by atoms with Crippen LogP contribution >= 0.6 is 0 Å². The minimum Gasteiger partial charge on any atom is -0.469 e. The van der Waals surface area contributed by atoms with Crippen molar-refractivity contribution in [1.29, 1.82) is 0 Å². The maximum absolute atomic E-state index is 14.8. The maximum atomic E-state index is 14.8. The Morgan fingerprint density at radius 1 is 0.943 bits per heavy atom. The lowest BCUT2D eigenvalue weighted by Crippen LogP contribution is -2.59. The van der Waals surface area contributed by atoms with Crippen molar-refractivity contribution in [2.75, 3.05) is 7.11 Å². The van der Waals surface area contributed by atoms with E-state index in [-0.39, 0.29) is 49.0 Å². The highest BCUT2D eigenvalue weighted by Crippen LogP contribution is 2.56. The van der Waals surface area contributed by atoms with Gasteiger partial charge in [-0.25, -0.2) is 0 Å². The molecule has 0 aromatic heterocycles. The van der Waals surface area contributed by atoms with Crippen LogP contribution in [0, 0.1) is 29.1 Å². The number of carbonyl (C=O) groups is 5. The van der Waals surface area contributed by atoms with Gasteiger partial charge in [-0.05, 0) is 104 Å². The Kier molecular flexibility index (Phi) is 13.4. The van der Waals surface area contributed by atoms with E-state index in [1.165, 1.54) is 14.0 Å².